The fraction of sp³-hybridized carbons (Fsp3) is 0.143. The van der Waals surface area contributed by atoms with Crippen LogP contribution in [-0.2, 0) is 9.59 Å². The molecule has 9 heteroatoms. The molecule has 0 aromatic heterocycles. The van der Waals surface area contributed by atoms with E-state index >= 15 is 0 Å². The molecule has 0 spiro atoms. The number of rotatable bonds is 7. The Bertz CT molecular complexity index is 999. The number of Topliss-reactive ketones (excluding diaryl/α,β-unsaturated/α-hetero) is 2. The first-order chi connectivity index (χ1) is 14.0. The van der Waals surface area contributed by atoms with Crippen LogP contribution in [0.15, 0.2) is 48.6 Å². The van der Waals surface area contributed by atoms with Crippen LogP contribution in [0.2, 0.25) is 0 Å². The summed E-state index contributed by atoms with van der Waals surface area (Å²) < 4.78 is 3.74. The molecule has 0 aliphatic carbocycles. The van der Waals surface area contributed by atoms with Gasteiger partial charge in [0, 0.05) is 44.3 Å². The summed E-state index contributed by atoms with van der Waals surface area (Å²) in [5.74, 6) is -1.30. The van der Waals surface area contributed by atoms with E-state index in [-0.39, 0.29) is 17.3 Å². The number of carboxylic acid groups (broad SMARTS) is 1. The Balaban J connectivity index is 0.000000300. The highest BCUT2D eigenvalue weighted by Gasteiger charge is 2.11. The Hall–Kier alpha value is -0.420. The first-order valence-electron chi connectivity index (χ1n) is 8.39. The van der Waals surface area contributed by atoms with Gasteiger partial charge in [-0.3, -0.25) is 9.59 Å². The monoisotopic (exact) mass is 856 g/mol. The van der Waals surface area contributed by atoms with Crippen LogP contribution in [0, 0.1) is 14.3 Å². The second-order valence-corrected chi connectivity index (χ2v) is 10.7. The maximum Gasteiger partial charge on any atom is 0.328 e. The summed E-state index contributed by atoms with van der Waals surface area (Å²) in [5.41, 5.74) is 1.25. The predicted molar refractivity (Wildman–Crippen MR) is 149 cm³/mol. The minimum atomic E-state index is -1.12. The second kappa shape index (κ2) is 13.9. The lowest BCUT2D eigenvalue weighted by atomic mass is 10.1. The number of benzene rings is 2. The maximum atomic E-state index is 11.8. The summed E-state index contributed by atoms with van der Waals surface area (Å²) in [6.45, 7) is 1.51. The van der Waals surface area contributed by atoms with E-state index in [2.05, 4.69) is 67.8 Å². The first kappa shape index (κ1) is 27.6. The van der Waals surface area contributed by atoms with E-state index in [0.717, 1.165) is 32.0 Å². The van der Waals surface area contributed by atoms with E-state index < -0.39 is 5.97 Å². The van der Waals surface area contributed by atoms with E-state index in [9.17, 15) is 19.2 Å². The van der Waals surface area contributed by atoms with Gasteiger partial charge in [-0.05, 0) is 140 Å². The molecule has 0 radical (unpaired) electrons. The van der Waals surface area contributed by atoms with Crippen LogP contribution in [0.25, 0.3) is 0 Å². The lowest BCUT2D eigenvalue weighted by Crippen LogP contribution is -2.04. The topological polar surface area (TPSA) is 88.5 Å². The third-order valence-corrected chi connectivity index (χ3v) is 6.73. The quantitative estimate of drug-likeness (QED) is 0.205. The van der Waals surface area contributed by atoms with Gasteiger partial charge in [-0.15, -0.1) is 0 Å². The van der Waals surface area contributed by atoms with Crippen molar-refractivity contribution in [3.8, 4) is 0 Å². The smallest absolute Gasteiger partial charge is 0.328 e. The summed E-state index contributed by atoms with van der Waals surface area (Å²) >= 11 is 8.46. The van der Waals surface area contributed by atoms with Crippen LogP contribution < -0.4 is 0 Å². The molecule has 0 bridgehead atoms. The lowest BCUT2D eigenvalue weighted by molar-refractivity contribution is -0.131. The summed E-state index contributed by atoms with van der Waals surface area (Å²) in [6.07, 6.45) is 2.56. The third-order valence-electron chi connectivity index (χ3n) is 3.50. The van der Waals surface area contributed by atoms with Crippen molar-refractivity contribution >= 4 is 114 Å². The van der Waals surface area contributed by atoms with Crippen LogP contribution in [0.4, 0.5) is 0 Å². The van der Waals surface area contributed by atoms with Crippen molar-refractivity contribution in [2.45, 2.75) is 19.8 Å². The molecule has 0 atom stereocenters. The van der Waals surface area contributed by atoms with Gasteiger partial charge < -0.3 is 9.90 Å². The van der Waals surface area contributed by atoms with E-state index in [4.69, 9.17) is 5.11 Å². The Labute approximate surface area is 229 Å². The second-order valence-electron chi connectivity index (χ2n) is 5.91. The fourth-order valence-corrected chi connectivity index (χ4v) is 4.28. The number of halogens is 4. The number of aliphatic carboxylic acids is 1. The van der Waals surface area contributed by atoms with Crippen molar-refractivity contribution in [3.63, 3.8) is 0 Å². The number of hydrogen-bond donors (Lipinski definition) is 1. The largest absolute Gasteiger partial charge is 0.478 e. The highest BCUT2D eigenvalue weighted by atomic mass is 127. The number of hydrogen-bond acceptors (Lipinski definition) is 4. The Kier molecular flexibility index (Phi) is 12.8. The minimum absolute atomic E-state index is 0.0492. The summed E-state index contributed by atoms with van der Waals surface area (Å²) in [7, 11) is 0. The molecule has 1 N–H and O–H groups in total. The van der Waals surface area contributed by atoms with Crippen molar-refractivity contribution in [2.75, 3.05) is 0 Å². The van der Waals surface area contributed by atoms with Gasteiger partial charge in [0.15, 0.2) is 11.6 Å². The minimum Gasteiger partial charge on any atom is -0.478 e. The van der Waals surface area contributed by atoms with Gasteiger partial charge in [0.1, 0.15) is 5.78 Å². The van der Waals surface area contributed by atoms with Gasteiger partial charge in [0.25, 0.3) is 0 Å². The van der Waals surface area contributed by atoms with E-state index in [0.29, 0.717) is 18.4 Å². The normalized spacial score (nSPS) is 10.3. The van der Waals surface area contributed by atoms with E-state index in [1.165, 1.54) is 6.92 Å². The molecule has 0 saturated carbocycles. The predicted octanol–water partition coefficient (Wildman–Crippen LogP) is 6.17. The molecule has 30 heavy (non-hydrogen) atoms. The SMILES string of the molecule is CC(=O)CCC(=O)c1cc(I)ccc1I.O=C(O)/C=C/C(=O)c1cc(I)ccc1I. The van der Waals surface area contributed by atoms with Gasteiger partial charge in [-0.25, -0.2) is 4.79 Å². The van der Waals surface area contributed by atoms with Crippen molar-refractivity contribution < 1.29 is 24.3 Å². The highest BCUT2D eigenvalue weighted by Crippen LogP contribution is 2.18. The van der Waals surface area contributed by atoms with Crippen molar-refractivity contribution in [1.29, 1.82) is 0 Å². The Morgan fingerprint density at radius 2 is 1.30 bits per heavy atom. The average molecular weight is 856 g/mol. The molecule has 2 rings (SSSR count). The average Bonchev–Trinajstić information content (AvgIpc) is 2.68. The Morgan fingerprint density at radius 3 is 1.80 bits per heavy atom. The molecule has 2 aromatic rings. The van der Waals surface area contributed by atoms with Crippen molar-refractivity contribution in [2.24, 2.45) is 0 Å². The van der Waals surface area contributed by atoms with Gasteiger partial charge >= 0.3 is 5.97 Å². The van der Waals surface area contributed by atoms with Gasteiger partial charge in [0.05, 0.1) is 0 Å². The van der Waals surface area contributed by atoms with Crippen molar-refractivity contribution in [3.05, 3.63) is 74.0 Å². The summed E-state index contributed by atoms with van der Waals surface area (Å²) in [5, 5.41) is 8.39. The number of ketones is 3. The lowest BCUT2D eigenvalue weighted by Gasteiger charge is -2.03. The van der Waals surface area contributed by atoms with Crippen LogP contribution in [0.3, 0.4) is 0 Å². The zero-order valence-electron chi connectivity index (χ0n) is 15.6. The number of carboxylic acids is 1. The zero-order chi connectivity index (χ0) is 22.8. The molecule has 0 aliphatic heterocycles. The highest BCUT2D eigenvalue weighted by molar-refractivity contribution is 14.1. The maximum absolute atomic E-state index is 11.8. The molecule has 0 heterocycles. The number of carbonyl (C=O) groups excluding carboxylic acids is 3. The van der Waals surface area contributed by atoms with Crippen LogP contribution in [0.5, 0.6) is 0 Å². The molecule has 5 nitrogen and oxygen atoms in total. The molecule has 0 amide bonds. The molecular formula is C21H16I4O5. The molecule has 0 unspecified atom stereocenters. The third kappa shape index (κ3) is 10.3. The summed E-state index contributed by atoms with van der Waals surface area (Å²) in [4.78, 5) is 44.3. The first-order valence-corrected chi connectivity index (χ1v) is 12.7. The summed E-state index contributed by atoms with van der Waals surface area (Å²) in [6, 6.07) is 11.2. The molecular weight excluding hydrogens is 840 g/mol. The van der Waals surface area contributed by atoms with Crippen LogP contribution >= 0.6 is 90.4 Å². The van der Waals surface area contributed by atoms with Gasteiger partial charge in [-0.2, -0.15) is 0 Å². The standard InChI is InChI=1S/C11H10I2O2.C10H6I2O3/c1-7(14)2-5-11(15)9-6-8(12)3-4-10(9)13;11-6-1-2-8(12)7(5-6)9(13)3-4-10(14)15/h3-4,6H,2,5H2,1H3;1-5H,(H,14,15)/b;4-3+. The van der Waals surface area contributed by atoms with Gasteiger partial charge in [0.2, 0.25) is 0 Å². The van der Waals surface area contributed by atoms with Crippen LogP contribution in [0.1, 0.15) is 40.5 Å². The molecule has 2 aromatic carbocycles. The number of carbonyl (C=O) groups is 4. The number of allylic oxidation sites excluding steroid dienone is 1. The van der Waals surface area contributed by atoms with Gasteiger partial charge in [-0.1, -0.05) is 0 Å². The Morgan fingerprint density at radius 1 is 0.800 bits per heavy atom. The van der Waals surface area contributed by atoms with Crippen molar-refractivity contribution in [1.82, 2.24) is 0 Å². The molecule has 0 saturated heterocycles. The van der Waals surface area contributed by atoms with E-state index in [1.54, 1.807) is 6.07 Å². The molecule has 0 aliphatic rings. The fourth-order valence-electron chi connectivity index (χ4n) is 2.06. The zero-order valence-corrected chi connectivity index (χ0v) is 24.3. The van der Waals surface area contributed by atoms with Crippen LogP contribution in [-0.4, -0.2) is 28.4 Å². The molecule has 158 valence electrons. The molecule has 0 fully saturated rings. The van der Waals surface area contributed by atoms with E-state index in [1.807, 2.05) is 52.9 Å².